The Balaban J connectivity index is 1.95. The quantitative estimate of drug-likeness (QED) is 0.897. The lowest BCUT2D eigenvalue weighted by Gasteiger charge is -2.11. The molecule has 0 fully saturated rings. The van der Waals surface area contributed by atoms with E-state index in [-0.39, 0.29) is 5.82 Å². The highest BCUT2D eigenvalue weighted by molar-refractivity contribution is 5.44. The summed E-state index contributed by atoms with van der Waals surface area (Å²) in [5.41, 5.74) is 1.98. The van der Waals surface area contributed by atoms with Crippen LogP contribution in [-0.2, 0) is 6.54 Å². The standard InChI is InChI=1S/C14H16FN3/c1-18(2)14-8-3-11(10-17-14)9-16-13-6-4-12(15)5-7-13/h3-8,10,16H,9H2,1-2H3. The highest BCUT2D eigenvalue weighted by Crippen LogP contribution is 2.12. The van der Waals surface area contributed by atoms with Gasteiger partial charge in [-0.25, -0.2) is 9.37 Å². The second-order valence-corrected chi connectivity index (χ2v) is 4.28. The molecule has 3 nitrogen and oxygen atoms in total. The average molecular weight is 245 g/mol. The lowest BCUT2D eigenvalue weighted by atomic mass is 10.2. The molecule has 1 N–H and O–H groups in total. The third-order valence-electron chi connectivity index (χ3n) is 2.61. The fourth-order valence-corrected chi connectivity index (χ4v) is 1.56. The third-order valence-corrected chi connectivity index (χ3v) is 2.61. The Kier molecular flexibility index (Phi) is 3.77. The van der Waals surface area contributed by atoms with Gasteiger partial charge >= 0.3 is 0 Å². The van der Waals surface area contributed by atoms with Crippen molar-refractivity contribution in [3.63, 3.8) is 0 Å². The van der Waals surface area contributed by atoms with Gasteiger partial charge in [-0.05, 0) is 35.9 Å². The number of pyridine rings is 1. The molecule has 18 heavy (non-hydrogen) atoms. The Hall–Kier alpha value is -2.10. The van der Waals surface area contributed by atoms with Crippen LogP contribution in [0.3, 0.4) is 0 Å². The van der Waals surface area contributed by atoms with Crippen molar-refractivity contribution in [1.82, 2.24) is 4.98 Å². The molecule has 0 unspecified atom stereocenters. The van der Waals surface area contributed by atoms with E-state index in [1.54, 1.807) is 12.1 Å². The zero-order valence-corrected chi connectivity index (χ0v) is 10.5. The summed E-state index contributed by atoms with van der Waals surface area (Å²) < 4.78 is 12.7. The maximum atomic E-state index is 12.7. The van der Waals surface area contributed by atoms with E-state index in [0.717, 1.165) is 17.1 Å². The molecular weight excluding hydrogens is 229 g/mol. The van der Waals surface area contributed by atoms with Crippen LogP contribution in [-0.4, -0.2) is 19.1 Å². The summed E-state index contributed by atoms with van der Waals surface area (Å²) in [5, 5.41) is 3.22. The van der Waals surface area contributed by atoms with Gasteiger partial charge in [0.05, 0.1) is 0 Å². The predicted octanol–water partition coefficient (Wildman–Crippen LogP) is 2.90. The molecule has 0 aliphatic rings. The largest absolute Gasteiger partial charge is 0.381 e. The van der Waals surface area contributed by atoms with Gasteiger partial charge in [-0.2, -0.15) is 0 Å². The van der Waals surface area contributed by atoms with Gasteiger partial charge in [0, 0.05) is 32.5 Å². The molecular formula is C14H16FN3. The molecule has 94 valence electrons. The second kappa shape index (κ2) is 5.49. The first-order valence-electron chi connectivity index (χ1n) is 5.77. The van der Waals surface area contributed by atoms with Crippen LogP contribution in [0.15, 0.2) is 42.6 Å². The first kappa shape index (κ1) is 12.4. The molecule has 2 rings (SSSR count). The summed E-state index contributed by atoms with van der Waals surface area (Å²) in [4.78, 5) is 6.29. The summed E-state index contributed by atoms with van der Waals surface area (Å²) >= 11 is 0. The van der Waals surface area contributed by atoms with Crippen molar-refractivity contribution in [3.05, 3.63) is 54.0 Å². The van der Waals surface area contributed by atoms with Crippen LogP contribution in [0.5, 0.6) is 0 Å². The maximum Gasteiger partial charge on any atom is 0.127 e. The van der Waals surface area contributed by atoms with Gasteiger partial charge in [-0.1, -0.05) is 6.07 Å². The number of rotatable bonds is 4. The minimum atomic E-state index is -0.224. The summed E-state index contributed by atoms with van der Waals surface area (Å²) in [6.45, 7) is 0.673. The lowest BCUT2D eigenvalue weighted by Crippen LogP contribution is -2.10. The monoisotopic (exact) mass is 245 g/mol. The zero-order chi connectivity index (χ0) is 13.0. The van der Waals surface area contributed by atoms with Crippen molar-refractivity contribution in [2.45, 2.75) is 6.54 Å². The topological polar surface area (TPSA) is 28.2 Å². The molecule has 0 aliphatic carbocycles. The van der Waals surface area contributed by atoms with E-state index in [0.29, 0.717) is 6.54 Å². The Morgan fingerprint density at radius 1 is 1.11 bits per heavy atom. The van der Waals surface area contributed by atoms with E-state index < -0.39 is 0 Å². The van der Waals surface area contributed by atoms with Crippen molar-refractivity contribution in [3.8, 4) is 0 Å². The van der Waals surface area contributed by atoms with E-state index in [9.17, 15) is 4.39 Å². The van der Waals surface area contributed by atoms with E-state index in [1.165, 1.54) is 12.1 Å². The van der Waals surface area contributed by atoms with E-state index in [1.807, 2.05) is 37.3 Å². The summed E-state index contributed by atoms with van der Waals surface area (Å²) in [6.07, 6.45) is 1.84. The van der Waals surface area contributed by atoms with Crippen LogP contribution in [0.25, 0.3) is 0 Å². The Bertz CT molecular complexity index is 491. The molecule has 0 atom stereocenters. The van der Waals surface area contributed by atoms with Crippen LogP contribution in [0.2, 0.25) is 0 Å². The smallest absolute Gasteiger partial charge is 0.127 e. The van der Waals surface area contributed by atoms with Crippen molar-refractivity contribution in [2.24, 2.45) is 0 Å². The molecule has 0 aliphatic heterocycles. The molecule has 1 aromatic heterocycles. The van der Waals surface area contributed by atoms with Gasteiger partial charge < -0.3 is 10.2 Å². The summed E-state index contributed by atoms with van der Waals surface area (Å²) in [6, 6.07) is 10.3. The molecule has 0 amide bonds. The van der Waals surface area contributed by atoms with Crippen molar-refractivity contribution >= 4 is 11.5 Å². The first-order valence-corrected chi connectivity index (χ1v) is 5.77. The molecule has 1 aromatic carbocycles. The Morgan fingerprint density at radius 3 is 2.39 bits per heavy atom. The molecule has 0 spiro atoms. The van der Waals surface area contributed by atoms with Gasteiger partial charge in [0.2, 0.25) is 0 Å². The fourth-order valence-electron chi connectivity index (χ4n) is 1.56. The van der Waals surface area contributed by atoms with Crippen molar-refractivity contribution in [1.29, 1.82) is 0 Å². The highest BCUT2D eigenvalue weighted by Gasteiger charge is 1.98. The normalized spacial score (nSPS) is 10.2. The Labute approximate surface area is 106 Å². The van der Waals surface area contributed by atoms with Crippen LogP contribution < -0.4 is 10.2 Å². The maximum absolute atomic E-state index is 12.7. The molecule has 0 saturated carbocycles. The van der Waals surface area contributed by atoms with E-state index in [2.05, 4.69) is 10.3 Å². The second-order valence-electron chi connectivity index (χ2n) is 4.28. The van der Waals surface area contributed by atoms with Crippen molar-refractivity contribution < 1.29 is 4.39 Å². The fraction of sp³-hybridized carbons (Fsp3) is 0.214. The van der Waals surface area contributed by atoms with E-state index in [4.69, 9.17) is 0 Å². The number of halogens is 1. The number of nitrogens with one attached hydrogen (secondary N) is 1. The number of hydrogen-bond acceptors (Lipinski definition) is 3. The number of benzene rings is 1. The molecule has 4 heteroatoms. The molecule has 0 saturated heterocycles. The average Bonchev–Trinajstić information content (AvgIpc) is 2.38. The van der Waals surface area contributed by atoms with Gasteiger partial charge in [-0.3, -0.25) is 0 Å². The molecule has 0 bridgehead atoms. The summed E-state index contributed by atoms with van der Waals surface area (Å²) in [5.74, 6) is 0.707. The highest BCUT2D eigenvalue weighted by atomic mass is 19.1. The Morgan fingerprint density at radius 2 is 1.83 bits per heavy atom. The van der Waals surface area contributed by atoms with Crippen LogP contribution >= 0.6 is 0 Å². The lowest BCUT2D eigenvalue weighted by molar-refractivity contribution is 0.628. The zero-order valence-electron chi connectivity index (χ0n) is 10.5. The van der Waals surface area contributed by atoms with Crippen LogP contribution in [0.4, 0.5) is 15.9 Å². The van der Waals surface area contributed by atoms with Gasteiger partial charge in [-0.15, -0.1) is 0 Å². The molecule has 2 aromatic rings. The number of anilines is 2. The minimum absolute atomic E-state index is 0.224. The van der Waals surface area contributed by atoms with Gasteiger partial charge in [0.25, 0.3) is 0 Å². The van der Waals surface area contributed by atoms with Crippen LogP contribution in [0.1, 0.15) is 5.56 Å². The first-order chi connectivity index (χ1) is 8.65. The third kappa shape index (κ3) is 3.20. The SMILES string of the molecule is CN(C)c1ccc(CNc2ccc(F)cc2)cn1. The molecule has 0 radical (unpaired) electrons. The van der Waals surface area contributed by atoms with Crippen LogP contribution in [0, 0.1) is 5.82 Å². The number of nitrogens with zero attached hydrogens (tertiary/aromatic N) is 2. The van der Waals surface area contributed by atoms with E-state index >= 15 is 0 Å². The van der Waals surface area contributed by atoms with Gasteiger partial charge in [0.15, 0.2) is 0 Å². The van der Waals surface area contributed by atoms with Gasteiger partial charge in [0.1, 0.15) is 11.6 Å². The predicted molar refractivity (Wildman–Crippen MR) is 72.3 cm³/mol. The minimum Gasteiger partial charge on any atom is -0.381 e. The number of hydrogen-bond donors (Lipinski definition) is 1. The summed E-state index contributed by atoms with van der Waals surface area (Å²) in [7, 11) is 3.91. The van der Waals surface area contributed by atoms with Crippen molar-refractivity contribution in [2.75, 3.05) is 24.3 Å². The molecule has 1 heterocycles. The number of aromatic nitrogens is 1.